The van der Waals surface area contributed by atoms with E-state index >= 15 is 0 Å². The molecule has 0 bridgehead atoms. The van der Waals surface area contributed by atoms with Gasteiger partial charge < -0.3 is 14.8 Å². The SMILES string of the molecule is O=C(C1CC1)N1CCc2nc([C@H]3CCCCN3C(=O)Cc3cccc(F)c3)[nH]c(=O)c2C1. The van der Waals surface area contributed by atoms with Gasteiger partial charge in [-0.2, -0.15) is 0 Å². The van der Waals surface area contributed by atoms with Crippen molar-refractivity contribution < 1.29 is 14.0 Å². The van der Waals surface area contributed by atoms with Crippen molar-refractivity contribution in [3.63, 3.8) is 0 Å². The molecule has 8 heteroatoms. The second kappa shape index (κ2) is 8.48. The molecule has 1 saturated heterocycles. The van der Waals surface area contributed by atoms with Crippen LogP contribution in [0, 0.1) is 11.7 Å². The fraction of sp³-hybridized carbons (Fsp3) is 0.500. The Bertz CT molecular complexity index is 1110. The van der Waals surface area contributed by atoms with E-state index in [1.165, 1.54) is 12.1 Å². The molecule has 3 aliphatic rings. The molecule has 1 aliphatic carbocycles. The van der Waals surface area contributed by atoms with Gasteiger partial charge in [-0.05, 0) is 49.8 Å². The Morgan fingerprint density at radius 2 is 2.00 bits per heavy atom. The average molecular weight is 439 g/mol. The van der Waals surface area contributed by atoms with Crippen LogP contribution < -0.4 is 5.56 Å². The van der Waals surface area contributed by atoms with Crippen molar-refractivity contribution in [3.8, 4) is 0 Å². The largest absolute Gasteiger partial charge is 0.337 e. The molecule has 168 valence electrons. The number of likely N-dealkylation sites (tertiary alicyclic amines) is 1. The zero-order chi connectivity index (χ0) is 22.2. The maximum atomic E-state index is 13.5. The molecular formula is C24H27FN4O3. The Labute approximate surface area is 185 Å². The minimum absolute atomic E-state index is 0.0955. The summed E-state index contributed by atoms with van der Waals surface area (Å²) in [6.45, 7) is 1.47. The number of carbonyl (C=O) groups excluding carboxylic acids is 2. The third-order valence-corrected chi connectivity index (χ3v) is 6.71. The number of H-pyrrole nitrogens is 1. The summed E-state index contributed by atoms with van der Waals surface area (Å²) >= 11 is 0. The van der Waals surface area contributed by atoms with E-state index < -0.39 is 0 Å². The zero-order valence-electron chi connectivity index (χ0n) is 18.0. The molecule has 0 radical (unpaired) electrons. The Morgan fingerprint density at radius 3 is 2.78 bits per heavy atom. The molecule has 0 spiro atoms. The summed E-state index contributed by atoms with van der Waals surface area (Å²) in [6, 6.07) is 5.79. The third-order valence-electron chi connectivity index (χ3n) is 6.71. The van der Waals surface area contributed by atoms with Gasteiger partial charge in [-0.3, -0.25) is 14.4 Å². The van der Waals surface area contributed by atoms with Gasteiger partial charge in [0, 0.05) is 25.4 Å². The van der Waals surface area contributed by atoms with Crippen LogP contribution in [-0.2, 0) is 29.0 Å². The molecule has 2 aromatic rings. The number of fused-ring (bicyclic) bond motifs is 1. The highest BCUT2D eigenvalue weighted by Gasteiger charge is 2.36. The molecule has 3 heterocycles. The van der Waals surface area contributed by atoms with Gasteiger partial charge in [0.25, 0.3) is 5.56 Å². The minimum Gasteiger partial charge on any atom is -0.337 e. The molecular weight excluding hydrogens is 411 g/mol. The summed E-state index contributed by atoms with van der Waals surface area (Å²) in [7, 11) is 0. The molecule has 1 aromatic carbocycles. The number of benzene rings is 1. The number of rotatable bonds is 4. The summed E-state index contributed by atoms with van der Waals surface area (Å²) in [5.41, 5.74) is 1.70. The molecule has 1 N–H and O–H groups in total. The summed E-state index contributed by atoms with van der Waals surface area (Å²) in [5.74, 6) is 0.327. The summed E-state index contributed by atoms with van der Waals surface area (Å²) in [4.78, 5) is 49.6. The minimum atomic E-state index is -0.361. The van der Waals surface area contributed by atoms with E-state index in [4.69, 9.17) is 4.98 Å². The standard InChI is InChI=1S/C24H27FN4O3/c25-17-5-3-4-15(12-17)13-21(30)29-10-2-1-6-20(29)22-26-19-9-11-28(24(32)16-7-8-16)14-18(19)23(31)27-22/h3-5,12,16,20H,1-2,6-11,13-14H2,(H,26,27,31)/t20-/m1/s1. The summed E-state index contributed by atoms with van der Waals surface area (Å²) in [5, 5.41) is 0. The highest BCUT2D eigenvalue weighted by molar-refractivity contribution is 5.81. The Balaban J connectivity index is 1.37. The summed E-state index contributed by atoms with van der Waals surface area (Å²) in [6.07, 6.45) is 5.10. The highest BCUT2D eigenvalue weighted by Crippen LogP contribution is 2.33. The van der Waals surface area contributed by atoms with Crippen molar-refractivity contribution in [3.05, 3.63) is 63.1 Å². The molecule has 2 fully saturated rings. The number of piperidine rings is 1. The lowest BCUT2D eigenvalue weighted by Gasteiger charge is -2.36. The number of aromatic nitrogens is 2. The Hall–Kier alpha value is -3.03. The first-order valence-corrected chi connectivity index (χ1v) is 11.4. The van der Waals surface area contributed by atoms with Gasteiger partial charge in [0.2, 0.25) is 11.8 Å². The molecule has 0 unspecified atom stereocenters. The van der Waals surface area contributed by atoms with Crippen LogP contribution in [0.2, 0.25) is 0 Å². The first-order valence-electron chi connectivity index (χ1n) is 11.4. The maximum Gasteiger partial charge on any atom is 0.256 e. The maximum absolute atomic E-state index is 13.5. The Kier molecular flexibility index (Phi) is 5.53. The van der Waals surface area contributed by atoms with Crippen LogP contribution in [0.5, 0.6) is 0 Å². The molecule has 1 atom stereocenters. The van der Waals surface area contributed by atoms with E-state index in [-0.39, 0.29) is 41.6 Å². The molecule has 1 aromatic heterocycles. The Morgan fingerprint density at radius 1 is 1.16 bits per heavy atom. The van der Waals surface area contributed by atoms with Gasteiger partial charge in [-0.1, -0.05) is 12.1 Å². The van der Waals surface area contributed by atoms with Crippen LogP contribution in [0.25, 0.3) is 0 Å². The van der Waals surface area contributed by atoms with E-state index in [9.17, 15) is 18.8 Å². The second-order valence-electron chi connectivity index (χ2n) is 9.07. The van der Waals surface area contributed by atoms with E-state index in [1.54, 1.807) is 21.9 Å². The van der Waals surface area contributed by atoms with Crippen molar-refractivity contribution in [2.24, 2.45) is 5.92 Å². The van der Waals surface area contributed by atoms with Crippen molar-refractivity contribution in [1.29, 1.82) is 0 Å². The third kappa shape index (κ3) is 4.18. The predicted molar refractivity (Wildman–Crippen MR) is 115 cm³/mol. The second-order valence-corrected chi connectivity index (χ2v) is 9.07. The van der Waals surface area contributed by atoms with Crippen LogP contribution in [-0.4, -0.2) is 44.7 Å². The molecule has 1 saturated carbocycles. The molecule has 7 nitrogen and oxygen atoms in total. The van der Waals surface area contributed by atoms with E-state index in [0.29, 0.717) is 43.0 Å². The first-order chi connectivity index (χ1) is 15.5. The van der Waals surface area contributed by atoms with Crippen LogP contribution in [0.1, 0.15) is 60.8 Å². The number of halogens is 1. The molecule has 2 aliphatic heterocycles. The number of nitrogens with one attached hydrogen (secondary N) is 1. The zero-order valence-corrected chi connectivity index (χ0v) is 18.0. The summed E-state index contributed by atoms with van der Waals surface area (Å²) < 4.78 is 13.5. The number of carbonyl (C=O) groups is 2. The van der Waals surface area contributed by atoms with Gasteiger partial charge in [0.05, 0.1) is 30.3 Å². The first kappa shape index (κ1) is 20.8. The number of hydrogen-bond acceptors (Lipinski definition) is 4. The lowest BCUT2D eigenvalue weighted by Crippen LogP contribution is -2.43. The molecule has 5 rings (SSSR count). The topological polar surface area (TPSA) is 86.4 Å². The highest BCUT2D eigenvalue weighted by atomic mass is 19.1. The van der Waals surface area contributed by atoms with Crippen molar-refractivity contribution in [1.82, 2.24) is 19.8 Å². The predicted octanol–water partition coefficient (Wildman–Crippen LogP) is 2.50. The smallest absolute Gasteiger partial charge is 0.256 e. The van der Waals surface area contributed by atoms with Crippen molar-refractivity contribution in [2.45, 2.75) is 57.5 Å². The molecule has 2 amide bonds. The quantitative estimate of drug-likeness (QED) is 0.795. The average Bonchev–Trinajstić information content (AvgIpc) is 3.64. The number of amides is 2. The van der Waals surface area contributed by atoms with Gasteiger partial charge in [0.1, 0.15) is 11.6 Å². The van der Waals surface area contributed by atoms with Gasteiger partial charge in [0.15, 0.2) is 0 Å². The van der Waals surface area contributed by atoms with Crippen LogP contribution in [0.3, 0.4) is 0 Å². The van der Waals surface area contributed by atoms with Crippen molar-refractivity contribution in [2.75, 3.05) is 13.1 Å². The number of hydrogen-bond donors (Lipinski definition) is 1. The van der Waals surface area contributed by atoms with Crippen LogP contribution >= 0.6 is 0 Å². The van der Waals surface area contributed by atoms with Gasteiger partial charge >= 0.3 is 0 Å². The molecule has 32 heavy (non-hydrogen) atoms. The normalized spacial score (nSPS) is 20.7. The fourth-order valence-corrected chi connectivity index (χ4v) is 4.82. The lowest BCUT2D eigenvalue weighted by molar-refractivity contribution is -0.135. The number of aromatic amines is 1. The monoisotopic (exact) mass is 438 g/mol. The van der Waals surface area contributed by atoms with Crippen molar-refractivity contribution >= 4 is 11.8 Å². The number of nitrogens with zero attached hydrogens (tertiary/aromatic N) is 3. The fourth-order valence-electron chi connectivity index (χ4n) is 4.82. The van der Waals surface area contributed by atoms with E-state index in [0.717, 1.165) is 37.8 Å². The van der Waals surface area contributed by atoms with Crippen LogP contribution in [0.4, 0.5) is 4.39 Å². The lowest BCUT2D eigenvalue weighted by atomic mass is 9.99. The van der Waals surface area contributed by atoms with E-state index in [1.807, 2.05) is 0 Å². The van der Waals surface area contributed by atoms with Gasteiger partial charge in [-0.25, -0.2) is 9.37 Å². The van der Waals surface area contributed by atoms with E-state index in [2.05, 4.69) is 4.98 Å². The van der Waals surface area contributed by atoms with Gasteiger partial charge in [-0.15, -0.1) is 0 Å². The van der Waals surface area contributed by atoms with Crippen LogP contribution in [0.15, 0.2) is 29.1 Å².